The molecule has 2 aromatic rings. The highest BCUT2D eigenvalue weighted by Gasteiger charge is 2.04. The van der Waals surface area contributed by atoms with Gasteiger partial charge in [0.05, 0.1) is 0 Å². The van der Waals surface area contributed by atoms with Crippen molar-refractivity contribution < 1.29 is 4.39 Å². The zero-order valence-corrected chi connectivity index (χ0v) is 7.83. The molecule has 4 heteroatoms. The number of pyridine rings is 1. The van der Waals surface area contributed by atoms with E-state index in [0.717, 1.165) is 0 Å². The fourth-order valence-corrected chi connectivity index (χ4v) is 1.34. The van der Waals surface area contributed by atoms with Gasteiger partial charge in [-0.15, -0.1) is 0 Å². The van der Waals surface area contributed by atoms with Gasteiger partial charge in [0.1, 0.15) is 5.82 Å². The molecule has 2 rings (SSSR count). The standard InChI is InChI=1S/C11H9FN2O/c12-10-3-2-8(13)5-9(10)7-1-4-11(15)14-6-7/h1-6H,13H2,(H,14,15). The number of H-pyrrole nitrogens is 1. The lowest BCUT2D eigenvalue weighted by atomic mass is 10.1. The van der Waals surface area contributed by atoms with Crippen molar-refractivity contribution in [1.29, 1.82) is 0 Å². The van der Waals surface area contributed by atoms with E-state index in [1.807, 2.05) is 0 Å². The summed E-state index contributed by atoms with van der Waals surface area (Å²) in [7, 11) is 0. The first kappa shape index (κ1) is 9.45. The van der Waals surface area contributed by atoms with E-state index in [9.17, 15) is 9.18 Å². The summed E-state index contributed by atoms with van der Waals surface area (Å²) in [5.74, 6) is -0.365. The SMILES string of the molecule is Nc1ccc(F)c(-c2ccc(=O)[nH]c2)c1. The quantitative estimate of drug-likeness (QED) is 0.695. The number of aromatic nitrogens is 1. The zero-order valence-electron chi connectivity index (χ0n) is 7.83. The predicted molar refractivity (Wildman–Crippen MR) is 56.9 cm³/mol. The first-order chi connectivity index (χ1) is 7.16. The monoisotopic (exact) mass is 204 g/mol. The molecule has 0 bridgehead atoms. The van der Waals surface area contributed by atoms with Crippen LogP contribution in [-0.4, -0.2) is 4.98 Å². The number of anilines is 1. The van der Waals surface area contributed by atoms with Gasteiger partial charge >= 0.3 is 0 Å². The van der Waals surface area contributed by atoms with Crippen molar-refractivity contribution in [2.24, 2.45) is 0 Å². The summed E-state index contributed by atoms with van der Waals surface area (Å²) in [5.41, 5.74) is 6.80. The minimum Gasteiger partial charge on any atom is -0.399 e. The molecule has 3 nitrogen and oxygen atoms in total. The number of nitrogen functional groups attached to an aromatic ring is 1. The highest BCUT2D eigenvalue weighted by atomic mass is 19.1. The third-order valence-corrected chi connectivity index (χ3v) is 2.09. The fraction of sp³-hybridized carbons (Fsp3) is 0. The van der Waals surface area contributed by atoms with Gasteiger partial charge in [0.2, 0.25) is 5.56 Å². The van der Waals surface area contributed by atoms with Gasteiger partial charge in [-0.1, -0.05) is 0 Å². The number of rotatable bonds is 1. The lowest BCUT2D eigenvalue weighted by Gasteiger charge is -2.03. The molecular weight excluding hydrogens is 195 g/mol. The minimum atomic E-state index is -0.365. The summed E-state index contributed by atoms with van der Waals surface area (Å²) in [4.78, 5) is 13.3. The van der Waals surface area contributed by atoms with Crippen LogP contribution in [0.4, 0.5) is 10.1 Å². The maximum absolute atomic E-state index is 13.4. The molecule has 1 aromatic carbocycles. The van der Waals surface area contributed by atoms with Crippen LogP contribution in [0.25, 0.3) is 11.1 Å². The second-order valence-electron chi connectivity index (χ2n) is 3.18. The van der Waals surface area contributed by atoms with Gasteiger partial charge in [-0.05, 0) is 24.3 Å². The van der Waals surface area contributed by atoms with Crippen LogP contribution in [0.1, 0.15) is 0 Å². The Morgan fingerprint density at radius 2 is 2.00 bits per heavy atom. The van der Waals surface area contributed by atoms with Crippen LogP contribution < -0.4 is 11.3 Å². The van der Waals surface area contributed by atoms with E-state index in [-0.39, 0.29) is 11.4 Å². The number of hydrogen-bond acceptors (Lipinski definition) is 2. The smallest absolute Gasteiger partial charge is 0.247 e. The van der Waals surface area contributed by atoms with Gasteiger partial charge in [0, 0.05) is 29.1 Å². The van der Waals surface area contributed by atoms with Crippen LogP contribution in [0.2, 0.25) is 0 Å². The van der Waals surface area contributed by atoms with E-state index < -0.39 is 0 Å². The van der Waals surface area contributed by atoms with Crippen molar-refractivity contribution >= 4 is 5.69 Å². The van der Waals surface area contributed by atoms with Gasteiger partial charge in [0.15, 0.2) is 0 Å². The Morgan fingerprint density at radius 3 is 2.67 bits per heavy atom. The van der Waals surface area contributed by atoms with Crippen LogP contribution in [0.15, 0.2) is 41.3 Å². The largest absolute Gasteiger partial charge is 0.399 e. The van der Waals surface area contributed by atoms with Crippen molar-refractivity contribution in [3.05, 3.63) is 52.7 Å². The van der Waals surface area contributed by atoms with Gasteiger partial charge in [-0.3, -0.25) is 4.79 Å². The summed E-state index contributed by atoms with van der Waals surface area (Å²) in [6.45, 7) is 0. The van der Waals surface area contributed by atoms with E-state index in [2.05, 4.69) is 4.98 Å². The third kappa shape index (κ3) is 1.88. The van der Waals surface area contributed by atoms with Crippen molar-refractivity contribution in [1.82, 2.24) is 4.98 Å². The zero-order chi connectivity index (χ0) is 10.8. The Morgan fingerprint density at radius 1 is 1.20 bits per heavy atom. The molecule has 0 spiro atoms. The summed E-state index contributed by atoms with van der Waals surface area (Å²) in [6.07, 6.45) is 1.46. The molecule has 0 amide bonds. The van der Waals surface area contributed by atoms with Crippen molar-refractivity contribution in [2.45, 2.75) is 0 Å². The molecule has 76 valence electrons. The van der Waals surface area contributed by atoms with Crippen molar-refractivity contribution in [3.63, 3.8) is 0 Å². The number of halogens is 1. The average molecular weight is 204 g/mol. The molecule has 1 aromatic heterocycles. The Bertz CT molecular complexity index is 528. The highest BCUT2D eigenvalue weighted by Crippen LogP contribution is 2.23. The predicted octanol–water partition coefficient (Wildman–Crippen LogP) is 1.76. The molecule has 0 radical (unpaired) electrons. The number of nitrogens with one attached hydrogen (secondary N) is 1. The van der Waals surface area contributed by atoms with E-state index >= 15 is 0 Å². The summed E-state index contributed by atoms with van der Waals surface area (Å²) in [5, 5.41) is 0. The number of hydrogen-bond donors (Lipinski definition) is 2. The van der Waals surface area contributed by atoms with Crippen molar-refractivity contribution in [3.8, 4) is 11.1 Å². The van der Waals surface area contributed by atoms with Gasteiger partial charge < -0.3 is 10.7 Å². The fourth-order valence-electron chi connectivity index (χ4n) is 1.34. The van der Waals surface area contributed by atoms with Crippen LogP contribution in [0.3, 0.4) is 0 Å². The molecule has 3 N–H and O–H groups in total. The molecule has 0 unspecified atom stereocenters. The van der Waals surface area contributed by atoms with Crippen molar-refractivity contribution in [2.75, 3.05) is 5.73 Å². The highest BCUT2D eigenvalue weighted by molar-refractivity contribution is 5.67. The maximum atomic E-state index is 13.4. The van der Waals surface area contributed by atoms with E-state index in [1.54, 1.807) is 6.07 Å². The van der Waals surface area contributed by atoms with E-state index in [1.165, 1.54) is 30.5 Å². The molecule has 0 fully saturated rings. The Hall–Kier alpha value is -2.10. The molecule has 0 aliphatic heterocycles. The number of nitrogens with two attached hydrogens (primary N) is 1. The molecule has 0 saturated carbocycles. The summed E-state index contributed by atoms with van der Waals surface area (Å²) >= 11 is 0. The van der Waals surface area contributed by atoms with Gasteiger partial charge in [-0.25, -0.2) is 4.39 Å². The van der Waals surface area contributed by atoms with E-state index in [4.69, 9.17) is 5.73 Å². The van der Waals surface area contributed by atoms with Crippen LogP contribution in [-0.2, 0) is 0 Å². The summed E-state index contributed by atoms with van der Waals surface area (Å²) < 4.78 is 13.4. The second-order valence-corrected chi connectivity index (χ2v) is 3.18. The molecule has 0 atom stereocenters. The Labute approximate surface area is 85.4 Å². The topological polar surface area (TPSA) is 58.9 Å². The first-order valence-electron chi connectivity index (χ1n) is 4.41. The molecular formula is C11H9FN2O. The average Bonchev–Trinajstić information content (AvgIpc) is 2.23. The van der Waals surface area contributed by atoms with Crippen LogP contribution in [0, 0.1) is 5.82 Å². The lowest BCUT2D eigenvalue weighted by molar-refractivity contribution is 0.631. The minimum absolute atomic E-state index is 0.219. The molecule has 0 saturated heterocycles. The summed E-state index contributed by atoms with van der Waals surface area (Å²) in [6, 6.07) is 7.22. The molecule has 1 heterocycles. The number of benzene rings is 1. The Kier molecular flexibility index (Phi) is 2.25. The normalized spacial score (nSPS) is 10.2. The number of aromatic amines is 1. The Balaban J connectivity index is 2.58. The maximum Gasteiger partial charge on any atom is 0.247 e. The molecule has 15 heavy (non-hydrogen) atoms. The van der Waals surface area contributed by atoms with Crippen LogP contribution >= 0.6 is 0 Å². The van der Waals surface area contributed by atoms with Crippen LogP contribution in [0.5, 0.6) is 0 Å². The lowest BCUT2D eigenvalue weighted by Crippen LogP contribution is -2.01. The van der Waals surface area contributed by atoms with E-state index in [0.29, 0.717) is 16.8 Å². The first-order valence-corrected chi connectivity index (χ1v) is 4.41. The molecule has 0 aliphatic rings. The molecule has 0 aliphatic carbocycles. The second kappa shape index (κ2) is 3.57. The van der Waals surface area contributed by atoms with Gasteiger partial charge in [-0.2, -0.15) is 0 Å². The van der Waals surface area contributed by atoms with Gasteiger partial charge in [0.25, 0.3) is 0 Å². The third-order valence-electron chi connectivity index (χ3n) is 2.09.